The average Bonchev–Trinajstić information content (AvgIpc) is 3.21. The molecule has 5 heteroatoms. The number of hydrogen-bond acceptors (Lipinski definition) is 3. The van der Waals surface area contributed by atoms with E-state index in [9.17, 15) is 9.90 Å². The van der Waals surface area contributed by atoms with Crippen LogP contribution in [0.3, 0.4) is 0 Å². The Kier molecular flexibility index (Phi) is 4.68. The molecule has 0 aliphatic rings. The molecule has 0 radical (unpaired) electrons. The van der Waals surface area contributed by atoms with Gasteiger partial charge in [-0.05, 0) is 23.3 Å². The van der Waals surface area contributed by atoms with Crippen LogP contribution in [0.25, 0.3) is 10.9 Å². The maximum absolute atomic E-state index is 13.0. The lowest BCUT2D eigenvalue weighted by molar-refractivity contribution is 0.0833. The first-order valence-corrected chi connectivity index (χ1v) is 8.75. The van der Waals surface area contributed by atoms with E-state index >= 15 is 0 Å². The molecule has 0 saturated heterocycles. The maximum Gasteiger partial charge on any atom is 0.252 e. The van der Waals surface area contributed by atoms with Gasteiger partial charge in [0.05, 0.1) is 23.3 Å². The SMILES string of the molecule is O=C(N[C@H](c1ccccc1)[C@@H](O)c1ccccc1)c1cccc2[nH]ncc12. The van der Waals surface area contributed by atoms with Gasteiger partial charge in [0.1, 0.15) is 6.10 Å². The third-order valence-corrected chi connectivity index (χ3v) is 4.63. The van der Waals surface area contributed by atoms with Gasteiger partial charge in [-0.2, -0.15) is 5.10 Å². The van der Waals surface area contributed by atoms with Gasteiger partial charge in [-0.1, -0.05) is 66.7 Å². The summed E-state index contributed by atoms with van der Waals surface area (Å²) in [4.78, 5) is 13.0. The molecule has 4 aromatic rings. The molecule has 0 fully saturated rings. The minimum absolute atomic E-state index is 0.258. The van der Waals surface area contributed by atoms with Crippen LogP contribution in [0.4, 0.5) is 0 Å². The Balaban J connectivity index is 1.69. The summed E-state index contributed by atoms with van der Waals surface area (Å²) < 4.78 is 0. The fraction of sp³-hybridized carbons (Fsp3) is 0.0909. The third kappa shape index (κ3) is 3.45. The number of aliphatic hydroxyl groups excluding tert-OH is 1. The van der Waals surface area contributed by atoms with Gasteiger partial charge in [0.2, 0.25) is 0 Å². The molecule has 1 heterocycles. The average molecular weight is 357 g/mol. The second kappa shape index (κ2) is 7.43. The summed E-state index contributed by atoms with van der Waals surface area (Å²) in [5.41, 5.74) is 2.89. The first-order valence-electron chi connectivity index (χ1n) is 8.75. The number of aliphatic hydroxyl groups is 1. The molecule has 134 valence electrons. The van der Waals surface area contributed by atoms with E-state index in [1.165, 1.54) is 0 Å². The number of aromatic nitrogens is 2. The number of aromatic amines is 1. The van der Waals surface area contributed by atoms with Gasteiger partial charge in [-0.15, -0.1) is 0 Å². The highest BCUT2D eigenvalue weighted by molar-refractivity contribution is 6.06. The van der Waals surface area contributed by atoms with Gasteiger partial charge in [0, 0.05) is 5.39 Å². The van der Waals surface area contributed by atoms with Crippen LogP contribution in [0.2, 0.25) is 0 Å². The van der Waals surface area contributed by atoms with E-state index in [4.69, 9.17) is 0 Å². The summed E-state index contributed by atoms with van der Waals surface area (Å²) in [6, 6.07) is 23.7. The van der Waals surface area contributed by atoms with E-state index in [1.54, 1.807) is 18.3 Å². The molecule has 27 heavy (non-hydrogen) atoms. The van der Waals surface area contributed by atoms with Gasteiger partial charge < -0.3 is 10.4 Å². The first kappa shape index (κ1) is 17.0. The minimum atomic E-state index is -0.874. The molecular weight excluding hydrogens is 338 g/mol. The predicted octanol–water partition coefficient (Wildman–Crippen LogP) is 3.77. The number of carbonyl (C=O) groups is 1. The van der Waals surface area contributed by atoms with Crippen LogP contribution in [-0.2, 0) is 0 Å². The van der Waals surface area contributed by atoms with Crippen LogP contribution >= 0.6 is 0 Å². The van der Waals surface area contributed by atoms with Crippen LogP contribution in [0, 0.1) is 0 Å². The Hall–Kier alpha value is -3.44. The van der Waals surface area contributed by atoms with Crippen LogP contribution in [0.1, 0.15) is 33.6 Å². The number of rotatable bonds is 5. The van der Waals surface area contributed by atoms with E-state index < -0.39 is 12.1 Å². The monoisotopic (exact) mass is 357 g/mol. The molecule has 0 aliphatic heterocycles. The van der Waals surface area contributed by atoms with Gasteiger partial charge in [-0.3, -0.25) is 9.89 Å². The Labute approximate surface area is 156 Å². The predicted molar refractivity (Wildman–Crippen MR) is 104 cm³/mol. The van der Waals surface area contributed by atoms with Gasteiger partial charge in [0.25, 0.3) is 5.91 Å². The van der Waals surface area contributed by atoms with Crippen molar-refractivity contribution in [2.24, 2.45) is 0 Å². The molecule has 5 nitrogen and oxygen atoms in total. The molecule has 3 N–H and O–H groups in total. The number of amides is 1. The summed E-state index contributed by atoms with van der Waals surface area (Å²) in [7, 11) is 0. The quantitative estimate of drug-likeness (QED) is 0.509. The molecule has 1 aromatic heterocycles. The summed E-state index contributed by atoms with van der Waals surface area (Å²) in [5.74, 6) is -0.258. The maximum atomic E-state index is 13.0. The van der Waals surface area contributed by atoms with E-state index in [-0.39, 0.29) is 5.91 Å². The van der Waals surface area contributed by atoms with Crippen molar-refractivity contribution in [1.29, 1.82) is 0 Å². The van der Waals surface area contributed by atoms with Crippen molar-refractivity contribution in [3.63, 3.8) is 0 Å². The van der Waals surface area contributed by atoms with E-state index in [0.717, 1.165) is 22.0 Å². The number of nitrogens with zero attached hydrogens (tertiary/aromatic N) is 1. The standard InChI is InChI=1S/C22H19N3O2/c26-21(16-10-5-2-6-11-16)20(15-8-3-1-4-9-15)24-22(27)17-12-7-13-19-18(17)14-23-25-19/h1-14,20-21,26H,(H,23,25)(H,24,27)/t20-,21+/m1/s1. The van der Waals surface area contributed by atoms with Crippen LogP contribution < -0.4 is 5.32 Å². The zero-order valence-electron chi connectivity index (χ0n) is 14.5. The summed E-state index contributed by atoms with van der Waals surface area (Å²) in [6.07, 6.45) is 0.760. The Morgan fingerprint density at radius 2 is 1.56 bits per heavy atom. The molecule has 0 saturated carbocycles. The summed E-state index contributed by atoms with van der Waals surface area (Å²) in [6.45, 7) is 0. The third-order valence-electron chi connectivity index (χ3n) is 4.63. The molecule has 0 aliphatic carbocycles. The smallest absolute Gasteiger partial charge is 0.252 e. The number of fused-ring (bicyclic) bond motifs is 1. The number of nitrogens with one attached hydrogen (secondary N) is 2. The van der Waals surface area contributed by atoms with Crippen molar-refractivity contribution >= 4 is 16.8 Å². The number of H-pyrrole nitrogens is 1. The largest absolute Gasteiger partial charge is 0.386 e. The first-order chi connectivity index (χ1) is 13.2. The summed E-state index contributed by atoms with van der Waals surface area (Å²) in [5, 5.41) is 21.6. The molecule has 0 bridgehead atoms. The topological polar surface area (TPSA) is 78.0 Å². The van der Waals surface area contributed by atoms with E-state index in [1.807, 2.05) is 66.7 Å². The Morgan fingerprint density at radius 3 is 2.26 bits per heavy atom. The lowest BCUT2D eigenvalue weighted by Gasteiger charge is -2.25. The van der Waals surface area contributed by atoms with Crippen LogP contribution in [0.15, 0.2) is 85.1 Å². The highest BCUT2D eigenvalue weighted by atomic mass is 16.3. The number of carbonyl (C=O) groups excluding carboxylic acids is 1. The molecular formula is C22H19N3O2. The lowest BCUT2D eigenvalue weighted by Crippen LogP contribution is -2.32. The molecule has 4 rings (SSSR count). The molecule has 1 amide bonds. The minimum Gasteiger partial charge on any atom is -0.386 e. The summed E-state index contributed by atoms with van der Waals surface area (Å²) >= 11 is 0. The van der Waals surface area contributed by atoms with E-state index in [2.05, 4.69) is 15.5 Å². The highest BCUT2D eigenvalue weighted by Gasteiger charge is 2.25. The molecule has 0 unspecified atom stereocenters. The van der Waals surface area contributed by atoms with Crippen molar-refractivity contribution in [1.82, 2.24) is 15.5 Å². The number of benzene rings is 3. The van der Waals surface area contributed by atoms with Crippen molar-refractivity contribution < 1.29 is 9.90 Å². The zero-order valence-corrected chi connectivity index (χ0v) is 14.5. The lowest BCUT2D eigenvalue weighted by atomic mass is 9.95. The van der Waals surface area contributed by atoms with Gasteiger partial charge >= 0.3 is 0 Å². The fourth-order valence-corrected chi connectivity index (χ4v) is 3.23. The van der Waals surface area contributed by atoms with E-state index in [0.29, 0.717) is 5.56 Å². The Morgan fingerprint density at radius 1 is 0.889 bits per heavy atom. The Bertz CT molecular complexity index is 1040. The highest BCUT2D eigenvalue weighted by Crippen LogP contribution is 2.29. The van der Waals surface area contributed by atoms with Crippen LogP contribution in [-0.4, -0.2) is 21.2 Å². The normalized spacial score (nSPS) is 13.2. The second-order valence-electron chi connectivity index (χ2n) is 6.35. The number of hydrogen-bond donors (Lipinski definition) is 3. The second-order valence-corrected chi connectivity index (χ2v) is 6.35. The van der Waals surface area contributed by atoms with Crippen molar-refractivity contribution in [3.05, 3.63) is 102 Å². The zero-order chi connectivity index (χ0) is 18.6. The molecule has 3 aromatic carbocycles. The fourth-order valence-electron chi connectivity index (χ4n) is 3.23. The van der Waals surface area contributed by atoms with Gasteiger partial charge in [0.15, 0.2) is 0 Å². The van der Waals surface area contributed by atoms with Gasteiger partial charge in [-0.25, -0.2) is 0 Å². The van der Waals surface area contributed by atoms with Crippen molar-refractivity contribution in [2.75, 3.05) is 0 Å². The van der Waals surface area contributed by atoms with Crippen LogP contribution in [0.5, 0.6) is 0 Å². The van der Waals surface area contributed by atoms with Crippen molar-refractivity contribution in [3.8, 4) is 0 Å². The van der Waals surface area contributed by atoms with Crippen molar-refractivity contribution in [2.45, 2.75) is 12.1 Å². The molecule has 0 spiro atoms. The molecule has 2 atom stereocenters.